The number of nitrogens with two attached hydrogens (primary N) is 1. The Morgan fingerprint density at radius 3 is 2.75 bits per heavy atom. The number of H-pyrrole nitrogens is 1. The van der Waals surface area contributed by atoms with Gasteiger partial charge in [0.1, 0.15) is 5.03 Å². The van der Waals surface area contributed by atoms with E-state index >= 15 is 0 Å². The number of hydrogen-bond acceptors (Lipinski definition) is 4. The molecule has 1 aromatic carbocycles. The first-order valence-corrected chi connectivity index (χ1v) is 7.66. The summed E-state index contributed by atoms with van der Waals surface area (Å²) < 4.78 is 1.01. The van der Waals surface area contributed by atoms with E-state index in [0.29, 0.717) is 11.3 Å². The molecule has 6 heteroatoms. The Balaban J connectivity index is 2.13. The Morgan fingerprint density at radius 1 is 1.40 bits per heavy atom. The Kier molecular flexibility index (Phi) is 3.32. The highest BCUT2D eigenvalue weighted by Gasteiger charge is 2.31. The number of benzene rings is 1. The first-order valence-electron chi connectivity index (χ1n) is 5.99. The van der Waals surface area contributed by atoms with E-state index in [9.17, 15) is 5.26 Å². The van der Waals surface area contributed by atoms with Crippen LogP contribution in [0.25, 0.3) is 5.70 Å². The van der Waals surface area contributed by atoms with Gasteiger partial charge in [-0.2, -0.15) is 10.4 Å². The molecule has 3 N–H and O–H groups in total. The van der Waals surface area contributed by atoms with Crippen LogP contribution >= 0.6 is 27.7 Å². The Labute approximate surface area is 129 Å². The topological polar surface area (TPSA) is 78.5 Å². The van der Waals surface area contributed by atoms with Crippen molar-refractivity contribution in [2.24, 2.45) is 5.73 Å². The third-order valence-electron chi connectivity index (χ3n) is 3.26. The van der Waals surface area contributed by atoms with Crippen LogP contribution in [0.4, 0.5) is 0 Å². The van der Waals surface area contributed by atoms with Gasteiger partial charge in [-0.05, 0) is 24.6 Å². The molecule has 2 heterocycles. The lowest BCUT2D eigenvalue weighted by atomic mass is 10.00. The number of hydrogen-bond donors (Lipinski definition) is 2. The SMILES string of the molecule is Cc1[nH]nc2c1C(N)=C(C#N)C(c1ccc(Br)cc1)S2. The van der Waals surface area contributed by atoms with Crippen LogP contribution in [0.2, 0.25) is 0 Å². The van der Waals surface area contributed by atoms with E-state index in [1.54, 1.807) is 11.8 Å². The maximum absolute atomic E-state index is 9.46. The van der Waals surface area contributed by atoms with E-state index < -0.39 is 0 Å². The molecule has 2 aromatic rings. The van der Waals surface area contributed by atoms with Gasteiger partial charge in [0, 0.05) is 10.2 Å². The lowest BCUT2D eigenvalue weighted by molar-refractivity contribution is 0.973. The van der Waals surface area contributed by atoms with Crippen LogP contribution in [0, 0.1) is 18.3 Å². The lowest BCUT2D eigenvalue weighted by Gasteiger charge is -2.22. The van der Waals surface area contributed by atoms with Crippen LogP contribution in [0.1, 0.15) is 22.1 Å². The fourth-order valence-electron chi connectivity index (χ4n) is 2.25. The number of thioether (sulfide) groups is 1. The highest BCUT2D eigenvalue weighted by molar-refractivity contribution is 9.10. The molecule has 0 amide bonds. The summed E-state index contributed by atoms with van der Waals surface area (Å²) in [4.78, 5) is 0. The highest BCUT2D eigenvalue weighted by atomic mass is 79.9. The second-order valence-corrected chi connectivity index (χ2v) is 6.53. The van der Waals surface area contributed by atoms with Crippen LogP contribution in [-0.4, -0.2) is 10.2 Å². The molecule has 1 aromatic heterocycles. The van der Waals surface area contributed by atoms with Crippen LogP contribution in [-0.2, 0) is 0 Å². The van der Waals surface area contributed by atoms with Gasteiger partial charge in [-0.3, -0.25) is 5.10 Å². The first-order chi connectivity index (χ1) is 9.61. The van der Waals surface area contributed by atoms with Crippen LogP contribution < -0.4 is 5.73 Å². The van der Waals surface area contributed by atoms with E-state index in [-0.39, 0.29) is 5.25 Å². The molecular formula is C14H11BrN4S. The van der Waals surface area contributed by atoms with Crippen molar-refractivity contribution in [3.63, 3.8) is 0 Å². The molecule has 0 saturated heterocycles. The quantitative estimate of drug-likeness (QED) is 0.827. The van der Waals surface area contributed by atoms with Crippen molar-refractivity contribution < 1.29 is 0 Å². The third-order valence-corrected chi connectivity index (χ3v) is 5.05. The predicted octanol–water partition coefficient (Wildman–Crippen LogP) is 3.52. The molecule has 20 heavy (non-hydrogen) atoms. The molecular weight excluding hydrogens is 336 g/mol. The van der Waals surface area contributed by atoms with Gasteiger partial charge >= 0.3 is 0 Å². The maximum Gasteiger partial charge on any atom is 0.128 e. The molecule has 0 spiro atoms. The zero-order chi connectivity index (χ0) is 14.3. The predicted molar refractivity (Wildman–Crippen MR) is 82.8 cm³/mol. The van der Waals surface area contributed by atoms with E-state index in [1.165, 1.54) is 0 Å². The van der Waals surface area contributed by atoms with Gasteiger partial charge in [0.25, 0.3) is 0 Å². The summed E-state index contributed by atoms with van der Waals surface area (Å²) in [6.07, 6.45) is 0. The zero-order valence-electron chi connectivity index (χ0n) is 10.6. The normalized spacial score (nSPS) is 17.8. The van der Waals surface area contributed by atoms with Gasteiger partial charge in [-0.15, -0.1) is 0 Å². The molecule has 1 unspecified atom stereocenters. The summed E-state index contributed by atoms with van der Waals surface area (Å²) in [5.41, 5.74) is 10.1. The lowest BCUT2D eigenvalue weighted by Crippen LogP contribution is -2.12. The average Bonchev–Trinajstić information content (AvgIpc) is 2.81. The molecule has 0 radical (unpaired) electrons. The van der Waals surface area contributed by atoms with Gasteiger partial charge in [0.15, 0.2) is 0 Å². The standard InChI is InChI=1S/C14H11BrN4S/c1-7-11-12(17)10(6-16)13(20-14(11)19-18-7)8-2-4-9(15)5-3-8/h2-5,13H,17H2,1H3,(H,18,19). The summed E-state index contributed by atoms with van der Waals surface area (Å²) in [5.74, 6) is 0. The van der Waals surface area contributed by atoms with Crippen molar-refractivity contribution in [1.29, 1.82) is 5.26 Å². The number of nitrogens with zero attached hydrogens (tertiary/aromatic N) is 2. The summed E-state index contributed by atoms with van der Waals surface area (Å²) in [7, 11) is 0. The van der Waals surface area contributed by atoms with Crippen LogP contribution in [0.5, 0.6) is 0 Å². The first kappa shape index (κ1) is 13.3. The molecule has 0 bridgehead atoms. The molecule has 1 atom stereocenters. The fourth-order valence-corrected chi connectivity index (χ4v) is 3.80. The van der Waals surface area contributed by atoms with Crippen molar-refractivity contribution >= 4 is 33.4 Å². The second-order valence-electron chi connectivity index (χ2n) is 4.52. The van der Waals surface area contributed by atoms with Crippen LogP contribution in [0.15, 0.2) is 39.3 Å². The summed E-state index contributed by atoms with van der Waals surface area (Å²) in [5, 5.41) is 17.4. The monoisotopic (exact) mass is 346 g/mol. The second kappa shape index (κ2) is 5.00. The Morgan fingerprint density at radius 2 is 2.10 bits per heavy atom. The molecule has 1 aliphatic heterocycles. The van der Waals surface area contributed by atoms with Crippen molar-refractivity contribution in [3.05, 3.63) is 51.1 Å². The molecule has 4 nitrogen and oxygen atoms in total. The molecule has 1 aliphatic rings. The average molecular weight is 347 g/mol. The number of fused-ring (bicyclic) bond motifs is 1. The van der Waals surface area contributed by atoms with Crippen molar-refractivity contribution in [3.8, 4) is 6.07 Å². The van der Waals surface area contributed by atoms with Crippen molar-refractivity contribution in [2.75, 3.05) is 0 Å². The number of nitrogens with one attached hydrogen (secondary N) is 1. The minimum atomic E-state index is -0.108. The van der Waals surface area contributed by atoms with Crippen LogP contribution in [0.3, 0.4) is 0 Å². The highest BCUT2D eigenvalue weighted by Crippen LogP contribution is 2.48. The van der Waals surface area contributed by atoms with Gasteiger partial charge in [-0.25, -0.2) is 0 Å². The van der Waals surface area contributed by atoms with E-state index in [4.69, 9.17) is 5.73 Å². The Hall–Kier alpha value is -1.71. The number of aromatic nitrogens is 2. The summed E-state index contributed by atoms with van der Waals surface area (Å²) in [6, 6.07) is 10.2. The molecule has 0 aliphatic carbocycles. The third kappa shape index (κ3) is 2.03. The number of aryl methyl sites for hydroxylation is 1. The zero-order valence-corrected chi connectivity index (χ0v) is 13.0. The Bertz CT molecular complexity index is 740. The number of rotatable bonds is 1. The van der Waals surface area contributed by atoms with E-state index in [0.717, 1.165) is 26.3 Å². The van der Waals surface area contributed by atoms with Crippen molar-refractivity contribution in [1.82, 2.24) is 10.2 Å². The van der Waals surface area contributed by atoms with E-state index in [1.807, 2.05) is 31.2 Å². The molecule has 3 rings (SSSR count). The minimum Gasteiger partial charge on any atom is -0.397 e. The molecule has 0 fully saturated rings. The molecule has 0 saturated carbocycles. The number of halogens is 1. The van der Waals surface area contributed by atoms with Crippen molar-refractivity contribution in [2.45, 2.75) is 17.2 Å². The van der Waals surface area contributed by atoms with Gasteiger partial charge in [0.2, 0.25) is 0 Å². The molecule has 100 valence electrons. The van der Waals surface area contributed by atoms with E-state index in [2.05, 4.69) is 32.2 Å². The van der Waals surface area contributed by atoms with Gasteiger partial charge in [0.05, 0.1) is 28.2 Å². The fraction of sp³-hybridized carbons (Fsp3) is 0.143. The summed E-state index contributed by atoms with van der Waals surface area (Å²) >= 11 is 4.97. The maximum atomic E-state index is 9.46. The minimum absolute atomic E-state index is 0.108. The number of nitriles is 1. The van der Waals surface area contributed by atoms with Gasteiger partial charge < -0.3 is 5.73 Å². The largest absolute Gasteiger partial charge is 0.397 e. The van der Waals surface area contributed by atoms with Gasteiger partial charge in [-0.1, -0.05) is 39.8 Å². The smallest absolute Gasteiger partial charge is 0.128 e. The number of aromatic amines is 1. The summed E-state index contributed by atoms with van der Waals surface area (Å²) in [6.45, 7) is 1.91.